The number of hydrogen-bond donors (Lipinski definition) is 0. The first-order valence-electron chi connectivity index (χ1n) is 5.49. The van der Waals surface area contributed by atoms with Gasteiger partial charge < -0.3 is 0 Å². The lowest BCUT2D eigenvalue weighted by molar-refractivity contribution is 0.370. The zero-order valence-corrected chi connectivity index (χ0v) is 8.55. The molecule has 0 aliphatic heterocycles. The third kappa shape index (κ3) is 3.00. The first kappa shape index (κ1) is 9.83. The zero-order valence-electron chi connectivity index (χ0n) is 8.55. The van der Waals surface area contributed by atoms with Crippen LogP contribution in [0.25, 0.3) is 0 Å². The molecule has 0 radical (unpaired) electrons. The summed E-state index contributed by atoms with van der Waals surface area (Å²) in [5.74, 6) is 1.96. The van der Waals surface area contributed by atoms with Gasteiger partial charge in [0.15, 0.2) is 0 Å². The van der Waals surface area contributed by atoms with Gasteiger partial charge in [0.05, 0.1) is 0 Å². The van der Waals surface area contributed by atoms with Crippen molar-refractivity contribution in [1.29, 1.82) is 0 Å². The van der Waals surface area contributed by atoms with Crippen LogP contribution in [-0.2, 0) is 0 Å². The Morgan fingerprint density at radius 1 is 1.25 bits per heavy atom. The van der Waals surface area contributed by atoms with Gasteiger partial charge in [0.2, 0.25) is 0 Å². The minimum absolute atomic E-state index is 0.926. The van der Waals surface area contributed by atoms with Crippen LogP contribution in [0, 0.1) is 11.8 Å². The van der Waals surface area contributed by atoms with Crippen molar-refractivity contribution in [1.82, 2.24) is 0 Å². The maximum Gasteiger partial charge on any atom is -0.0322 e. The van der Waals surface area contributed by atoms with Crippen LogP contribution < -0.4 is 0 Å². The highest BCUT2D eigenvalue weighted by molar-refractivity contribution is 4.84. The molecule has 0 heterocycles. The molecule has 0 aromatic heterocycles. The molecule has 0 saturated heterocycles. The van der Waals surface area contributed by atoms with Gasteiger partial charge in [0.25, 0.3) is 0 Å². The summed E-state index contributed by atoms with van der Waals surface area (Å²) in [5, 5.41) is 0. The van der Waals surface area contributed by atoms with Crippen LogP contribution in [0.15, 0.2) is 12.2 Å². The van der Waals surface area contributed by atoms with E-state index in [0.29, 0.717) is 0 Å². The molecule has 0 bridgehead atoms. The van der Waals surface area contributed by atoms with Gasteiger partial charge >= 0.3 is 0 Å². The van der Waals surface area contributed by atoms with Crippen molar-refractivity contribution in [3.63, 3.8) is 0 Å². The second-order valence-electron chi connectivity index (χ2n) is 4.14. The SMILES string of the molecule is CC/C=C\CC(C)C1CCCC1. The van der Waals surface area contributed by atoms with Crippen LogP contribution in [0.2, 0.25) is 0 Å². The molecular formula is C12H22. The summed E-state index contributed by atoms with van der Waals surface area (Å²) in [5.41, 5.74) is 0. The van der Waals surface area contributed by atoms with Gasteiger partial charge in [0, 0.05) is 0 Å². The van der Waals surface area contributed by atoms with Crippen LogP contribution in [-0.4, -0.2) is 0 Å². The average molecular weight is 166 g/mol. The molecule has 1 unspecified atom stereocenters. The van der Waals surface area contributed by atoms with Crippen molar-refractivity contribution < 1.29 is 0 Å². The van der Waals surface area contributed by atoms with Gasteiger partial charge in [0.1, 0.15) is 0 Å². The highest BCUT2D eigenvalue weighted by Crippen LogP contribution is 2.32. The minimum Gasteiger partial charge on any atom is -0.0888 e. The van der Waals surface area contributed by atoms with Gasteiger partial charge in [-0.05, 0) is 24.7 Å². The molecule has 1 aliphatic carbocycles. The Bertz CT molecular complexity index is 129. The Labute approximate surface area is 77.1 Å². The first-order chi connectivity index (χ1) is 5.84. The second-order valence-corrected chi connectivity index (χ2v) is 4.14. The van der Waals surface area contributed by atoms with E-state index in [9.17, 15) is 0 Å². The summed E-state index contributed by atoms with van der Waals surface area (Å²) in [6, 6.07) is 0. The minimum atomic E-state index is 0.926. The Morgan fingerprint density at radius 3 is 2.50 bits per heavy atom. The molecule has 0 aromatic carbocycles. The molecule has 0 heteroatoms. The summed E-state index contributed by atoms with van der Waals surface area (Å²) in [6.45, 7) is 4.62. The summed E-state index contributed by atoms with van der Waals surface area (Å²) in [4.78, 5) is 0. The maximum absolute atomic E-state index is 2.41. The standard InChI is InChI=1S/C12H22/c1-3-4-5-8-11(2)12-9-6-7-10-12/h4-5,11-12H,3,6-10H2,1-2H3/b5-4-. The molecule has 1 aliphatic rings. The van der Waals surface area contributed by atoms with Crippen molar-refractivity contribution in [3.8, 4) is 0 Å². The molecule has 0 amide bonds. The second kappa shape index (κ2) is 5.40. The molecule has 70 valence electrons. The van der Waals surface area contributed by atoms with Gasteiger partial charge in [-0.1, -0.05) is 51.7 Å². The quantitative estimate of drug-likeness (QED) is 0.550. The van der Waals surface area contributed by atoms with E-state index in [2.05, 4.69) is 26.0 Å². The van der Waals surface area contributed by atoms with Gasteiger partial charge in [-0.15, -0.1) is 0 Å². The molecule has 0 spiro atoms. The van der Waals surface area contributed by atoms with Crippen LogP contribution in [0.5, 0.6) is 0 Å². The molecule has 1 atom stereocenters. The number of hydrogen-bond acceptors (Lipinski definition) is 0. The molecule has 1 rings (SSSR count). The average Bonchev–Trinajstić information content (AvgIpc) is 2.56. The van der Waals surface area contributed by atoms with Crippen molar-refractivity contribution in [2.75, 3.05) is 0 Å². The number of allylic oxidation sites excluding steroid dienone is 2. The van der Waals surface area contributed by atoms with E-state index in [1.54, 1.807) is 0 Å². The monoisotopic (exact) mass is 166 g/mol. The Morgan fingerprint density at radius 2 is 1.92 bits per heavy atom. The Hall–Kier alpha value is -0.260. The predicted molar refractivity (Wildman–Crippen MR) is 55.2 cm³/mol. The summed E-state index contributed by atoms with van der Waals surface area (Å²) in [6.07, 6.45) is 13.1. The molecule has 1 saturated carbocycles. The lowest BCUT2D eigenvalue weighted by atomic mass is 9.90. The summed E-state index contributed by atoms with van der Waals surface area (Å²) in [7, 11) is 0. The number of rotatable bonds is 4. The summed E-state index contributed by atoms with van der Waals surface area (Å²) >= 11 is 0. The molecule has 1 fully saturated rings. The highest BCUT2D eigenvalue weighted by atomic mass is 14.3. The van der Waals surface area contributed by atoms with Gasteiger partial charge in [-0.3, -0.25) is 0 Å². The predicted octanol–water partition coefficient (Wildman–Crippen LogP) is 4.17. The van der Waals surface area contributed by atoms with Crippen molar-refractivity contribution in [2.24, 2.45) is 11.8 Å². The van der Waals surface area contributed by atoms with E-state index in [0.717, 1.165) is 11.8 Å². The van der Waals surface area contributed by atoms with Crippen molar-refractivity contribution in [2.45, 2.75) is 52.4 Å². The largest absolute Gasteiger partial charge is 0.0888 e. The van der Waals surface area contributed by atoms with Crippen molar-refractivity contribution in [3.05, 3.63) is 12.2 Å². The smallest absolute Gasteiger partial charge is 0.0322 e. The Balaban J connectivity index is 2.17. The Kier molecular flexibility index (Phi) is 4.42. The van der Waals surface area contributed by atoms with Crippen LogP contribution in [0.4, 0.5) is 0 Å². The zero-order chi connectivity index (χ0) is 8.81. The molecule has 12 heavy (non-hydrogen) atoms. The van der Waals surface area contributed by atoms with Gasteiger partial charge in [-0.25, -0.2) is 0 Å². The fraction of sp³-hybridized carbons (Fsp3) is 0.833. The van der Waals surface area contributed by atoms with Crippen LogP contribution >= 0.6 is 0 Å². The molecular weight excluding hydrogens is 144 g/mol. The third-order valence-corrected chi connectivity index (χ3v) is 3.11. The van der Waals surface area contributed by atoms with E-state index in [4.69, 9.17) is 0 Å². The fourth-order valence-electron chi connectivity index (χ4n) is 2.20. The van der Waals surface area contributed by atoms with Gasteiger partial charge in [-0.2, -0.15) is 0 Å². The van der Waals surface area contributed by atoms with E-state index in [-0.39, 0.29) is 0 Å². The van der Waals surface area contributed by atoms with E-state index in [1.165, 1.54) is 38.5 Å². The topological polar surface area (TPSA) is 0 Å². The third-order valence-electron chi connectivity index (χ3n) is 3.11. The highest BCUT2D eigenvalue weighted by Gasteiger charge is 2.19. The van der Waals surface area contributed by atoms with E-state index < -0.39 is 0 Å². The lowest BCUT2D eigenvalue weighted by Crippen LogP contribution is -2.05. The first-order valence-corrected chi connectivity index (χ1v) is 5.49. The normalized spacial score (nSPS) is 22.2. The van der Waals surface area contributed by atoms with E-state index >= 15 is 0 Å². The summed E-state index contributed by atoms with van der Waals surface area (Å²) < 4.78 is 0. The van der Waals surface area contributed by atoms with Crippen LogP contribution in [0.1, 0.15) is 52.4 Å². The molecule has 0 aromatic rings. The van der Waals surface area contributed by atoms with Crippen LogP contribution in [0.3, 0.4) is 0 Å². The lowest BCUT2D eigenvalue weighted by Gasteiger charge is -2.16. The molecule has 0 nitrogen and oxygen atoms in total. The maximum atomic E-state index is 2.41. The fourth-order valence-corrected chi connectivity index (χ4v) is 2.20. The van der Waals surface area contributed by atoms with Crippen molar-refractivity contribution >= 4 is 0 Å². The molecule has 0 N–H and O–H groups in total. The van der Waals surface area contributed by atoms with E-state index in [1.807, 2.05) is 0 Å².